The number of carboxylic acids is 3. The highest BCUT2D eigenvalue weighted by atomic mass is 16.6. The van der Waals surface area contributed by atoms with Crippen molar-refractivity contribution in [2.45, 2.75) is 26.3 Å². The highest BCUT2D eigenvalue weighted by Gasteiger charge is 2.29. The van der Waals surface area contributed by atoms with Gasteiger partial charge in [-0.1, -0.05) is 0 Å². The molecule has 18 heteroatoms. The van der Waals surface area contributed by atoms with E-state index >= 15 is 0 Å². The van der Waals surface area contributed by atoms with Crippen LogP contribution < -0.4 is 9.47 Å². The van der Waals surface area contributed by atoms with Crippen LogP contribution in [0, 0.1) is 0 Å². The summed E-state index contributed by atoms with van der Waals surface area (Å²) in [6.07, 6.45) is 0.0565. The number of esters is 1. The molecule has 0 saturated carbocycles. The molecule has 0 spiro atoms. The Balaban J connectivity index is 2.33. The van der Waals surface area contributed by atoms with Crippen LogP contribution in [-0.4, -0.2) is 210 Å². The lowest BCUT2D eigenvalue weighted by Crippen LogP contribution is -2.52. The summed E-state index contributed by atoms with van der Waals surface area (Å²) in [4.78, 5) is 55.5. The van der Waals surface area contributed by atoms with Crippen molar-refractivity contribution in [1.82, 2.24) is 19.6 Å². The molecule has 0 aromatic heterocycles. The third-order valence-electron chi connectivity index (χ3n) is 8.41. The standard InChI is InChI=1S/C36H60N4O14/c1-4-49-14-16-51-18-20-53-30-22-29(23-31(25-30)54-21-19-52-17-15-50-5-2)24-32(36(46)47)40-12-10-38(27-34(43)44)7-6-37(26-33(41)42)8-9-39(11-13-40)28-35(45)48-3/h22-23,25,32H,4-21,24,26-28H2,1-3H3,(H,41,42)(H,43,44)(H,46,47). The molecule has 1 aliphatic rings. The molecule has 1 aromatic carbocycles. The zero-order chi connectivity index (χ0) is 39.6. The molecule has 54 heavy (non-hydrogen) atoms. The monoisotopic (exact) mass is 772 g/mol. The van der Waals surface area contributed by atoms with Crippen molar-refractivity contribution in [1.29, 1.82) is 0 Å². The van der Waals surface area contributed by atoms with E-state index in [0.717, 1.165) is 0 Å². The Morgan fingerprint density at radius 3 is 1.41 bits per heavy atom. The SMILES string of the molecule is CCOCCOCCOc1cc(CC(C(=O)O)N2CCN(CC(=O)O)CCN(CC(=O)O)CCN(CC(=O)OC)CC2)cc(OCCOCCOCC)c1. The molecule has 3 N–H and O–H groups in total. The Labute approximate surface area is 317 Å². The van der Waals surface area contributed by atoms with Crippen molar-refractivity contribution in [2.75, 3.05) is 145 Å². The number of carbonyl (C=O) groups is 4. The number of hydrogen-bond donors (Lipinski definition) is 3. The lowest BCUT2D eigenvalue weighted by atomic mass is 10.0. The van der Waals surface area contributed by atoms with Crippen LogP contribution in [0.15, 0.2) is 18.2 Å². The summed E-state index contributed by atoms with van der Waals surface area (Å²) in [5.41, 5.74) is 0.633. The first kappa shape index (κ1) is 46.5. The number of methoxy groups -OCH3 is 1. The van der Waals surface area contributed by atoms with E-state index in [1.807, 2.05) is 13.8 Å². The van der Waals surface area contributed by atoms with Gasteiger partial charge in [-0.2, -0.15) is 0 Å². The van der Waals surface area contributed by atoms with Crippen LogP contribution in [0.2, 0.25) is 0 Å². The van der Waals surface area contributed by atoms with Gasteiger partial charge in [0.1, 0.15) is 30.8 Å². The van der Waals surface area contributed by atoms with E-state index in [2.05, 4.69) is 0 Å². The second-order valence-corrected chi connectivity index (χ2v) is 12.4. The van der Waals surface area contributed by atoms with E-state index in [1.165, 1.54) is 7.11 Å². The van der Waals surface area contributed by atoms with Crippen molar-refractivity contribution in [3.63, 3.8) is 0 Å². The summed E-state index contributed by atoms with van der Waals surface area (Å²) < 4.78 is 38.6. The molecule has 1 fully saturated rings. The predicted molar refractivity (Wildman–Crippen MR) is 195 cm³/mol. The van der Waals surface area contributed by atoms with E-state index in [4.69, 9.17) is 33.2 Å². The molecular weight excluding hydrogens is 712 g/mol. The normalized spacial score (nSPS) is 16.2. The second-order valence-electron chi connectivity index (χ2n) is 12.4. The maximum absolute atomic E-state index is 13.0. The van der Waals surface area contributed by atoms with Crippen LogP contribution in [-0.2, 0) is 49.3 Å². The van der Waals surface area contributed by atoms with E-state index in [9.17, 15) is 34.5 Å². The van der Waals surface area contributed by atoms with Crippen molar-refractivity contribution >= 4 is 23.9 Å². The first-order valence-electron chi connectivity index (χ1n) is 18.4. The summed E-state index contributed by atoms with van der Waals surface area (Å²) in [5.74, 6) is -2.71. The quantitative estimate of drug-likeness (QED) is 0.0844. The molecular formula is C36H60N4O14. The Morgan fingerprint density at radius 2 is 1.00 bits per heavy atom. The molecule has 0 aliphatic carbocycles. The highest BCUT2D eigenvalue weighted by Crippen LogP contribution is 2.25. The van der Waals surface area contributed by atoms with Gasteiger partial charge in [-0.15, -0.1) is 0 Å². The molecule has 1 aromatic rings. The smallest absolute Gasteiger partial charge is 0.321 e. The van der Waals surface area contributed by atoms with Gasteiger partial charge < -0.3 is 48.5 Å². The number of hydrogen-bond acceptors (Lipinski definition) is 15. The van der Waals surface area contributed by atoms with Crippen molar-refractivity contribution < 1.29 is 67.7 Å². The number of carboxylic acid groups (broad SMARTS) is 3. The zero-order valence-electron chi connectivity index (χ0n) is 32.0. The maximum atomic E-state index is 13.0. The fourth-order valence-electron chi connectivity index (χ4n) is 5.64. The lowest BCUT2D eigenvalue weighted by Gasteiger charge is -2.35. The fourth-order valence-corrected chi connectivity index (χ4v) is 5.64. The molecule has 2 rings (SSSR count). The topological polar surface area (TPSA) is 207 Å². The zero-order valence-corrected chi connectivity index (χ0v) is 32.0. The molecule has 308 valence electrons. The largest absolute Gasteiger partial charge is 0.491 e. The first-order chi connectivity index (χ1) is 26.0. The first-order valence-corrected chi connectivity index (χ1v) is 18.4. The molecule has 0 radical (unpaired) electrons. The number of rotatable bonds is 26. The van der Waals surface area contributed by atoms with Gasteiger partial charge in [-0.05, 0) is 38.0 Å². The van der Waals surface area contributed by atoms with Gasteiger partial charge in [0.25, 0.3) is 0 Å². The number of carbonyl (C=O) groups excluding carboxylic acids is 1. The Kier molecular flexibility index (Phi) is 24.0. The third kappa shape index (κ3) is 20.7. The number of benzene rings is 1. The van der Waals surface area contributed by atoms with E-state index < -0.39 is 29.9 Å². The Bertz CT molecular complexity index is 1210. The summed E-state index contributed by atoms with van der Waals surface area (Å²) in [6.45, 7) is 9.26. The maximum Gasteiger partial charge on any atom is 0.321 e. The number of ether oxygens (including phenoxy) is 7. The van der Waals surface area contributed by atoms with Gasteiger partial charge in [0, 0.05) is 71.6 Å². The summed E-state index contributed by atoms with van der Waals surface area (Å²) in [7, 11) is 1.28. The molecule has 1 atom stereocenters. The highest BCUT2D eigenvalue weighted by molar-refractivity contribution is 5.74. The van der Waals surface area contributed by atoms with E-state index in [1.54, 1.807) is 37.8 Å². The molecule has 1 heterocycles. The molecule has 0 bridgehead atoms. The minimum absolute atomic E-state index is 0.0565. The fraction of sp³-hybridized carbons (Fsp3) is 0.722. The van der Waals surface area contributed by atoms with Crippen LogP contribution in [0.1, 0.15) is 19.4 Å². The predicted octanol–water partition coefficient (Wildman–Crippen LogP) is 0.110. The van der Waals surface area contributed by atoms with Crippen LogP contribution in [0.25, 0.3) is 0 Å². The van der Waals surface area contributed by atoms with Gasteiger partial charge >= 0.3 is 23.9 Å². The van der Waals surface area contributed by atoms with Crippen LogP contribution >= 0.6 is 0 Å². The summed E-state index contributed by atoms with van der Waals surface area (Å²) >= 11 is 0. The molecule has 1 saturated heterocycles. The molecule has 1 unspecified atom stereocenters. The van der Waals surface area contributed by atoms with Crippen LogP contribution in [0.3, 0.4) is 0 Å². The van der Waals surface area contributed by atoms with Crippen LogP contribution in [0.4, 0.5) is 0 Å². The van der Waals surface area contributed by atoms with Crippen LogP contribution in [0.5, 0.6) is 11.5 Å². The van der Waals surface area contributed by atoms with Crippen molar-refractivity contribution in [3.05, 3.63) is 23.8 Å². The molecule has 0 amide bonds. The minimum atomic E-state index is -1.08. The van der Waals surface area contributed by atoms with Gasteiger partial charge in [0.05, 0.1) is 66.4 Å². The summed E-state index contributed by atoms with van der Waals surface area (Å²) in [5, 5.41) is 29.7. The Morgan fingerprint density at radius 1 is 0.593 bits per heavy atom. The lowest BCUT2D eigenvalue weighted by molar-refractivity contribution is -0.145. The van der Waals surface area contributed by atoms with Crippen molar-refractivity contribution in [2.24, 2.45) is 0 Å². The van der Waals surface area contributed by atoms with E-state index in [-0.39, 0.29) is 85.1 Å². The van der Waals surface area contributed by atoms with Gasteiger partial charge in [0.2, 0.25) is 0 Å². The van der Waals surface area contributed by atoms with Crippen molar-refractivity contribution in [3.8, 4) is 11.5 Å². The molecule has 18 nitrogen and oxygen atoms in total. The second kappa shape index (κ2) is 27.9. The minimum Gasteiger partial charge on any atom is -0.491 e. The average Bonchev–Trinajstić information content (AvgIpc) is 3.12. The van der Waals surface area contributed by atoms with Gasteiger partial charge in [-0.25, -0.2) is 0 Å². The molecule has 1 aliphatic heterocycles. The average molecular weight is 773 g/mol. The number of nitrogens with zero attached hydrogens (tertiary/aromatic N) is 4. The van der Waals surface area contributed by atoms with Gasteiger partial charge in [-0.3, -0.25) is 38.8 Å². The van der Waals surface area contributed by atoms with E-state index in [0.29, 0.717) is 76.5 Å². The Hall–Kier alpha value is -3.62. The third-order valence-corrected chi connectivity index (χ3v) is 8.41. The summed E-state index contributed by atoms with van der Waals surface area (Å²) in [6, 6.07) is 4.19. The van der Waals surface area contributed by atoms with Gasteiger partial charge in [0.15, 0.2) is 0 Å². The number of aliphatic carboxylic acids is 3.